The van der Waals surface area contributed by atoms with Gasteiger partial charge in [-0.05, 0) is 12.1 Å². The number of halogens is 1. The van der Waals surface area contributed by atoms with Crippen molar-refractivity contribution in [2.45, 2.75) is 0 Å². The molecule has 0 fully saturated rings. The van der Waals surface area contributed by atoms with Crippen LogP contribution in [0.1, 0.15) is 0 Å². The highest BCUT2D eigenvalue weighted by molar-refractivity contribution is 6.35. The van der Waals surface area contributed by atoms with E-state index in [1.807, 2.05) is 13.1 Å². The summed E-state index contributed by atoms with van der Waals surface area (Å²) in [5, 5.41) is 3.56. The number of rotatable bonds is 1. The molecule has 1 aromatic heterocycles. The van der Waals surface area contributed by atoms with Gasteiger partial charge in [0.25, 0.3) is 0 Å². The number of fused-ring (bicyclic) bond motifs is 1. The van der Waals surface area contributed by atoms with Crippen LogP contribution in [0, 0.1) is 0 Å². The van der Waals surface area contributed by atoms with Crippen LogP contribution in [0.4, 0.5) is 5.69 Å². The van der Waals surface area contributed by atoms with Crippen molar-refractivity contribution < 1.29 is 4.42 Å². The van der Waals surface area contributed by atoms with E-state index in [0.29, 0.717) is 10.6 Å². The van der Waals surface area contributed by atoms with Gasteiger partial charge in [0.1, 0.15) is 5.52 Å². The summed E-state index contributed by atoms with van der Waals surface area (Å²) >= 11 is 5.91. The number of nitrogens with zero attached hydrogens (tertiary/aromatic N) is 1. The first-order valence-electron chi connectivity index (χ1n) is 3.52. The van der Waals surface area contributed by atoms with Crippen molar-refractivity contribution in [1.82, 2.24) is 4.98 Å². The predicted octanol–water partition coefficient (Wildman–Crippen LogP) is 2.52. The third-order valence-corrected chi connectivity index (χ3v) is 1.96. The van der Waals surface area contributed by atoms with Gasteiger partial charge in [0.05, 0.1) is 5.02 Å². The van der Waals surface area contributed by atoms with Crippen molar-refractivity contribution in [1.29, 1.82) is 0 Å². The number of benzene rings is 1. The zero-order valence-electron chi connectivity index (χ0n) is 6.47. The molecule has 0 aliphatic rings. The first-order valence-corrected chi connectivity index (χ1v) is 3.89. The minimum Gasteiger partial charge on any atom is -0.442 e. The van der Waals surface area contributed by atoms with Gasteiger partial charge in [-0.3, -0.25) is 0 Å². The van der Waals surface area contributed by atoms with Crippen LogP contribution in [-0.2, 0) is 0 Å². The summed E-state index contributed by atoms with van der Waals surface area (Å²) in [6.45, 7) is 0. The number of nitrogens with one attached hydrogen (secondary N) is 1. The Hall–Kier alpha value is -1.22. The number of hydrogen-bond acceptors (Lipinski definition) is 3. The lowest BCUT2D eigenvalue weighted by Crippen LogP contribution is -1.87. The molecule has 4 heteroatoms. The van der Waals surface area contributed by atoms with Crippen molar-refractivity contribution in [2.24, 2.45) is 0 Å². The number of anilines is 1. The van der Waals surface area contributed by atoms with Crippen LogP contribution in [0.2, 0.25) is 5.02 Å². The Balaban J connectivity index is 2.75. The second-order valence-corrected chi connectivity index (χ2v) is 2.82. The fraction of sp³-hybridized carbons (Fsp3) is 0.125. The molecule has 0 unspecified atom stereocenters. The molecule has 12 heavy (non-hydrogen) atoms. The van der Waals surface area contributed by atoms with E-state index in [-0.39, 0.29) is 0 Å². The van der Waals surface area contributed by atoms with Gasteiger partial charge in [-0.25, -0.2) is 4.98 Å². The van der Waals surface area contributed by atoms with E-state index < -0.39 is 0 Å². The van der Waals surface area contributed by atoms with E-state index in [2.05, 4.69) is 10.3 Å². The highest BCUT2D eigenvalue weighted by Crippen LogP contribution is 2.26. The van der Waals surface area contributed by atoms with E-state index in [0.717, 1.165) is 11.2 Å². The topological polar surface area (TPSA) is 38.1 Å². The van der Waals surface area contributed by atoms with Crippen LogP contribution in [-0.4, -0.2) is 12.0 Å². The number of hydrogen-bond donors (Lipinski definition) is 1. The molecule has 62 valence electrons. The Morgan fingerprint density at radius 3 is 3.08 bits per heavy atom. The molecule has 2 rings (SSSR count). The first kappa shape index (κ1) is 7.43. The summed E-state index contributed by atoms with van der Waals surface area (Å²) in [5.74, 6) is 0. The normalized spacial score (nSPS) is 10.5. The maximum absolute atomic E-state index is 5.91. The largest absolute Gasteiger partial charge is 0.442 e. The molecule has 1 heterocycles. The zero-order chi connectivity index (χ0) is 8.55. The monoisotopic (exact) mass is 182 g/mol. The lowest BCUT2D eigenvalue weighted by molar-refractivity contribution is 0.602. The third-order valence-electron chi connectivity index (χ3n) is 1.68. The fourth-order valence-electron chi connectivity index (χ4n) is 1.07. The standard InChI is InChI=1S/C8H7ClN2O/c1-10-5-2-6(9)8-7(3-5)11-4-12-8/h2-4,10H,1H3. The van der Waals surface area contributed by atoms with E-state index in [9.17, 15) is 0 Å². The first-order chi connectivity index (χ1) is 5.81. The molecule has 1 aromatic carbocycles. The average Bonchev–Trinajstić information content (AvgIpc) is 2.52. The summed E-state index contributed by atoms with van der Waals surface area (Å²) in [5.41, 5.74) is 2.34. The van der Waals surface area contributed by atoms with Crippen molar-refractivity contribution in [2.75, 3.05) is 12.4 Å². The smallest absolute Gasteiger partial charge is 0.182 e. The van der Waals surface area contributed by atoms with Crippen LogP contribution >= 0.6 is 11.6 Å². The average molecular weight is 183 g/mol. The van der Waals surface area contributed by atoms with Crippen molar-refractivity contribution in [3.63, 3.8) is 0 Å². The van der Waals surface area contributed by atoms with Gasteiger partial charge in [0, 0.05) is 12.7 Å². The fourth-order valence-corrected chi connectivity index (χ4v) is 1.33. The SMILES string of the molecule is CNc1cc(Cl)c2ocnc2c1. The third kappa shape index (κ3) is 1.02. The van der Waals surface area contributed by atoms with E-state index in [4.69, 9.17) is 16.0 Å². The molecule has 0 atom stereocenters. The molecule has 0 saturated carbocycles. The Morgan fingerprint density at radius 1 is 1.50 bits per heavy atom. The Bertz CT molecular complexity index is 410. The number of aromatic nitrogens is 1. The van der Waals surface area contributed by atoms with Crippen LogP contribution in [0.3, 0.4) is 0 Å². The van der Waals surface area contributed by atoms with Crippen molar-refractivity contribution in [3.05, 3.63) is 23.5 Å². The summed E-state index contributed by atoms with van der Waals surface area (Å²) < 4.78 is 5.08. The van der Waals surface area contributed by atoms with Crippen LogP contribution < -0.4 is 5.32 Å². The highest BCUT2D eigenvalue weighted by atomic mass is 35.5. The van der Waals surface area contributed by atoms with E-state index in [1.165, 1.54) is 6.39 Å². The molecule has 2 aromatic rings. The molecule has 0 saturated heterocycles. The lowest BCUT2D eigenvalue weighted by atomic mass is 10.3. The quantitative estimate of drug-likeness (QED) is 0.737. The minimum atomic E-state index is 0.578. The molecule has 0 amide bonds. The summed E-state index contributed by atoms with van der Waals surface area (Å²) in [4.78, 5) is 4.00. The van der Waals surface area contributed by atoms with Crippen molar-refractivity contribution >= 4 is 28.4 Å². The van der Waals surface area contributed by atoms with Gasteiger partial charge in [0.2, 0.25) is 0 Å². The number of oxazole rings is 1. The summed E-state index contributed by atoms with van der Waals surface area (Å²) in [6.07, 6.45) is 1.38. The maximum atomic E-state index is 5.91. The molecule has 0 spiro atoms. The van der Waals surface area contributed by atoms with Gasteiger partial charge in [0.15, 0.2) is 12.0 Å². The molecule has 1 N–H and O–H groups in total. The Kier molecular flexibility index (Phi) is 1.66. The highest BCUT2D eigenvalue weighted by Gasteiger charge is 2.04. The molecular weight excluding hydrogens is 176 g/mol. The molecule has 0 aliphatic heterocycles. The van der Waals surface area contributed by atoms with Crippen LogP contribution in [0.25, 0.3) is 11.1 Å². The van der Waals surface area contributed by atoms with Gasteiger partial charge < -0.3 is 9.73 Å². The zero-order valence-corrected chi connectivity index (χ0v) is 7.22. The molecule has 0 bridgehead atoms. The minimum absolute atomic E-state index is 0.578. The van der Waals surface area contributed by atoms with Gasteiger partial charge in [-0.2, -0.15) is 0 Å². The van der Waals surface area contributed by atoms with Crippen LogP contribution in [0.15, 0.2) is 22.9 Å². The summed E-state index contributed by atoms with van der Waals surface area (Å²) in [7, 11) is 1.83. The molecule has 3 nitrogen and oxygen atoms in total. The maximum Gasteiger partial charge on any atom is 0.182 e. The second kappa shape index (κ2) is 2.68. The molecule has 0 aliphatic carbocycles. The van der Waals surface area contributed by atoms with Gasteiger partial charge in [-0.1, -0.05) is 11.6 Å². The van der Waals surface area contributed by atoms with Gasteiger partial charge in [-0.15, -0.1) is 0 Å². The Morgan fingerprint density at radius 2 is 2.33 bits per heavy atom. The van der Waals surface area contributed by atoms with E-state index >= 15 is 0 Å². The van der Waals surface area contributed by atoms with Crippen molar-refractivity contribution in [3.8, 4) is 0 Å². The van der Waals surface area contributed by atoms with E-state index in [1.54, 1.807) is 6.07 Å². The Labute approximate surface area is 74.3 Å². The molecular formula is C8H7ClN2O. The second-order valence-electron chi connectivity index (χ2n) is 2.41. The molecule has 0 radical (unpaired) electrons. The van der Waals surface area contributed by atoms with Crippen LogP contribution in [0.5, 0.6) is 0 Å². The summed E-state index contributed by atoms with van der Waals surface area (Å²) in [6, 6.07) is 3.68. The lowest BCUT2D eigenvalue weighted by Gasteiger charge is -1.99. The predicted molar refractivity (Wildman–Crippen MR) is 48.6 cm³/mol. The van der Waals surface area contributed by atoms with Gasteiger partial charge >= 0.3 is 0 Å².